The van der Waals surface area contributed by atoms with Gasteiger partial charge in [-0.05, 0) is 31.5 Å². The van der Waals surface area contributed by atoms with E-state index >= 15 is 0 Å². The first-order chi connectivity index (χ1) is 13.6. The van der Waals surface area contributed by atoms with E-state index in [1.54, 1.807) is 36.8 Å². The fourth-order valence-corrected chi connectivity index (χ4v) is 5.31. The predicted molar refractivity (Wildman–Crippen MR) is 119 cm³/mol. The monoisotopic (exact) mass is 473 g/mol. The normalized spacial score (nSPS) is 17.8. The number of unbranched alkanes of at least 4 members (excludes halogenated alkanes) is 1. The number of aromatic nitrogens is 2. The van der Waals surface area contributed by atoms with E-state index < -0.39 is 15.9 Å². The van der Waals surface area contributed by atoms with E-state index in [2.05, 4.69) is 19.8 Å². The molecule has 0 N–H and O–H groups in total. The fourth-order valence-electron chi connectivity index (χ4n) is 3.70. The molecule has 164 valence electrons. The van der Waals surface area contributed by atoms with Crippen LogP contribution in [0.15, 0.2) is 47.8 Å². The van der Waals surface area contributed by atoms with Crippen LogP contribution in [0.5, 0.6) is 0 Å². The van der Waals surface area contributed by atoms with E-state index in [-0.39, 0.29) is 41.8 Å². The average molecular weight is 474 g/mol. The molecule has 1 aromatic heterocycles. The third-order valence-electron chi connectivity index (χ3n) is 5.24. The van der Waals surface area contributed by atoms with Gasteiger partial charge in [0.05, 0.1) is 11.8 Å². The number of benzene rings is 1. The third kappa shape index (κ3) is 4.85. The van der Waals surface area contributed by atoms with Gasteiger partial charge in [0.25, 0.3) is 15.9 Å². The Morgan fingerprint density at radius 3 is 2.30 bits per heavy atom. The molecular weight excluding hydrogens is 449 g/mol. The highest BCUT2D eigenvalue weighted by Gasteiger charge is 2.40. The van der Waals surface area contributed by atoms with E-state index in [1.807, 2.05) is 0 Å². The van der Waals surface area contributed by atoms with Gasteiger partial charge in [0.1, 0.15) is 10.7 Å². The zero-order valence-electron chi connectivity index (χ0n) is 16.4. The van der Waals surface area contributed by atoms with Crippen molar-refractivity contribution in [2.75, 3.05) is 44.2 Å². The van der Waals surface area contributed by atoms with Gasteiger partial charge < -0.3 is 4.90 Å². The first kappa shape index (κ1) is 24.3. The maximum Gasteiger partial charge on any atom is 0.269 e. The standard InChI is InChI=1S/C19H23N5O3S.2ClH/c25-19-16-5-1-2-6-17(16)28(26,27)24(19)10-4-3-9-22-11-13-23(14-12-22)18-15-20-7-8-21-18;;/h1-2,5-8,15H,3-4,9-14H2;2*1H. The molecule has 4 rings (SSSR count). The molecule has 3 heterocycles. The summed E-state index contributed by atoms with van der Waals surface area (Å²) < 4.78 is 26.1. The lowest BCUT2D eigenvalue weighted by Gasteiger charge is -2.35. The molecule has 2 aromatic rings. The Kier molecular flexibility index (Phi) is 8.42. The van der Waals surface area contributed by atoms with Crippen LogP contribution in [0.3, 0.4) is 0 Å². The topological polar surface area (TPSA) is 86.7 Å². The number of anilines is 1. The van der Waals surface area contributed by atoms with Gasteiger partial charge in [0.15, 0.2) is 0 Å². The number of halogens is 2. The summed E-state index contributed by atoms with van der Waals surface area (Å²) in [5.74, 6) is 0.493. The van der Waals surface area contributed by atoms with Gasteiger partial charge >= 0.3 is 0 Å². The molecule has 0 bridgehead atoms. The molecule has 1 saturated heterocycles. The zero-order valence-corrected chi connectivity index (χ0v) is 18.8. The van der Waals surface area contributed by atoms with Gasteiger partial charge in [-0.2, -0.15) is 0 Å². The minimum atomic E-state index is -3.69. The van der Waals surface area contributed by atoms with Crippen molar-refractivity contribution >= 4 is 46.6 Å². The van der Waals surface area contributed by atoms with Crippen molar-refractivity contribution < 1.29 is 13.2 Å². The molecule has 0 saturated carbocycles. The second kappa shape index (κ2) is 10.4. The maximum atomic E-state index is 12.5. The summed E-state index contributed by atoms with van der Waals surface area (Å²) in [5, 5.41) is 0. The van der Waals surface area contributed by atoms with Crippen LogP contribution < -0.4 is 4.90 Å². The van der Waals surface area contributed by atoms with Gasteiger partial charge in [0.2, 0.25) is 0 Å². The van der Waals surface area contributed by atoms with Gasteiger partial charge in [-0.15, -0.1) is 24.8 Å². The van der Waals surface area contributed by atoms with E-state index in [9.17, 15) is 13.2 Å². The predicted octanol–water partition coefficient (Wildman–Crippen LogP) is 2.07. The molecule has 0 atom stereocenters. The SMILES string of the molecule is Cl.Cl.O=C1c2ccccc2S(=O)(=O)N1CCCCN1CCN(c2cnccn2)CC1. The van der Waals surface area contributed by atoms with Gasteiger partial charge in [0, 0.05) is 45.1 Å². The Balaban J connectivity index is 0.00000160. The first-order valence-electron chi connectivity index (χ1n) is 9.47. The molecular formula is C19H25Cl2N5O3S. The molecule has 8 nitrogen and oxygen atoms in total. The quantitative estimate of drug-likeness (QED) is 0.593. The molecule has 2 aliphatic rings. The van der Waals surface area contributed by atoms with Crippen molar-refractivity contribution in [1.29, 1.82) is 0 Å². The highest BCUT2D eigenvalue weighted by atomic mass is 35.5. The number of nitrogens with zero attached hydrogens (tertiary/aromatic N) is 5. The number of carbonyl (C=O) groups is 1. The van der Waals surface area contributed by atoms with E-state index in [0.29, 0.717) is 6.42 Å². The number of amides is 1. The average Bonchev–Trinajstić information content (AvgIpc) is 2.93. The van der Waals surface area contributed by atoms with Crippen LogP contribution in [0.1, 0.15) is 23.2 Å². The molecule has 30 heavy (non-hydrogen) atoms. The van der Waals surface area contributed by atoms with Crippen LogP contribution >= 0.6 is 24.8 Å². The van der Waals surface area contributed by atoms with Crippen molar-refractivity contribution in [2.45, 2.75) is 17.7 Å². The van der Waals surface area contributed by atoms with Crippen molar-refractivity contribution in [3.05, 3.63) is 48.4 Å². The van der Waals surface area contributed by atoms with E-state index in [4.69, 9.17) is 0 Å². The third-order valence-corrected chi connectivity index (χ3v) is 7.08. The minimum Gasteiger partial charge on any atom is -0.353 e. The lowest BCUT2D eigenvalue weighted by Crippen LogP contribution is -2.47. The Labute approximate surface area is 189 Å². The molecule has 1 amide bonds. The van der Waals surface area contributed by atoms with Crippen molar-refractivity contribution in [3.8, 4) is 0 Å². The Morgan fingerprint density at radius 1 is 0.933 bits per heavy atom. The largest absolute Gasteiger partial charge is 0.353 e. The molecule has 0 unspecified atom stereocenters. The van der Waals surface area contributed by atoms with Gasteiger partial charge in [-0.1, -0.05) is 12.1 Å². The number of fused-ring (bicyclic) bond motifs is 1. The lowest BCUT2D eigenvalue weighted by atomic mass is 10.2. The molecule has 1 aromatic carbocycles. The summed E-state index contributed by atoms with van der Waals surface area (Å²) in [6, 6.07) is 6.41. The Hall–Kier alpha value is -1.94. The smallest absolute Gasteiger partial charge is 0.269 e. The fraction of sp³-hybridized carbons (Fsp3) is 0.421. The van der Waals surface area contributed by atoms with Crippen LogP contribution in [0.4, 0.5) is 5.82 Å². The first-order valence-corrected chi connectivity index (χ1v) is 10.9. The molecule has 11 heteroatoms. The summed E-state index contributed by atoms with van der Waals surface area (Å²) in [6.45, 7) is 4.78. The van der Waals surface area contributed by atoms with Gasteiger partial charge in [-0.25, -0.2) is 17.7 Å². The number of rotatable bonds is 6. The minimum absolute atomic E-state index is 0. The summed E-state index contributed by atoms with van der Waals surface area (Å²) in [7, 11) is -3.69. The molecule has 0 radical (unpaired) electrons. The van der Waals surface area contributed by atoms with Crippen LogP contribution in [-0.2, 0) is 10.0 Å². The number of piperazine rings is 1. The zero-order chi connectivity index (χ0) is 19.6. The van der Waals surface area contributed by atoms with Gasteiger partial charge in [-0.3, -0.25) is 14.7 Å². The summed E-state index contributed by atoms with van der Waals surface area (Å²) in [4.78, 5) is 25.6. The Morgan fingerprint density at radius 2 is 1.63 bits per heavy atom. The van der Waals surface area contributed by atoms with Crippen LogP contribution in [0, 0.1) is 0 Å². The summed E-state index contributed by atoms with van der Waals surface area (Å²) in [6.07, 6.45) is 6.66. The van der Waals surface area contributed by atoms with Crippen molar-refractivity contribution in [2.24, 2.45) is 0 Å². The second-order valence-electron chi connectivity index (χ2n) is 6.98. The van der Waals surface area contributed by atoms with Crippen LogP contribution in [-0.4, -0.2) is 72.8 Å². The highest BCUT2D eigenvalue weighted by molar-refractivity contribution is 7.90. The number of hydrogen-bond acceptors (Lipinski definition) is 7. The van der Waals surface area contributed by atoms with Crippen molar-refractivity contribution in [3.63, 3.8) is 0 Å². The van der Waals surface area contributed by atoms with Crippen LogP contribution in [0.25, 0.3) is 0 Å². The molecule has 0 spiro atoms. The summed E-state index contributed by atoms with van der Waals surface area (Å²) in [5.41, 5.74) is 0.280. The van der Waals surface area contributed by atoms with E-state index in [1.165, 1.54) is 6.07 Å². The summed E-state index contributed by atoms with van der Waals surface area (Å²) >= 11 is 0. The number of hydrogen-bond donors (Lipinski definition) is 0. The molecule has 1 fully saturated rings. The van der Waals surface area contributed by atoms with E-state index in [0.717, 1.165) is 49.3 Å². The number of carbonyl (C=O) groups excluding carboxylic acids is 1. The maximum absolute atomic E-state index is 12.5. The highest BCUT2D eigenvalue weighted by Crippen LogP contribution is 2.30. The Bertz CT molecular complexity index is 954. The van der Waals surface area contributed by atoms with Crippen molar-refractivity contribution in [1.82, 2.24) is 19.2 Å². The number of sulfonamides is 1. The lowest BCUT2D eigenvalue weighted by molar-refractivity contribution is 0.0868. The second-order valence-corrected chi connectivity index (χ2v) is 8.81. The molecule has 0 aliphatic carbocycles. The molecule has 2 aliphatic heterocycles. The van der Waals surface area contributed by atoms with Crippen LogP contribution in [0.2, 0.25) is 0 Å².